The van der Waals surface area contributed by atoms with Gasteiger partial charge in [0.1, 0.15) is 5.82 Å². The van der Waals surface area contributed by atoms with Crippen LogP contribution in [0, 0.1) is 12.7 Å². The maximum absolute atomic E-state index is 14.0. The Kier molecular flexibility index (Phi) is 5.26. The minimum atomic E-state index is -0.227. The van der Waals surface area contributed by atoms with Crippen molar-refractivity contribution in [2.24, 2.45) is 5.84 Å². The Morgan fingerprint density at radius 2 is 2.11 bits per heavy atom. The summed E-state index contributed by atoms with van der Waals surface area (Å²) in [5.74, 6) is 5.35. The quantitative estimate of drug-likeness (QED) is 0.606. The molecule has 1 aromatic rings. The van der Waals surface area contributed by atoms with Crippen LogP contribution in [0.4, 0.5) is 4.39 Å². The van der Waals surface area contributed by atoms with Crippen LogP contribution in [-0.4, -0.2) is 12.7 Å². The number of hydrogen-bond acceptors (Lipinski definition) is 3. The van der Waals surface area contributed by atoms with Crippen LogP contribution < -0.4 is 11.3 Å². The average Bonchev–Trinajstić information content (AvgIpc) is 2.35. The molecule has 1 unspecified atom stereocenters. The lowest BCUT2D eigenvalue weighted by molar-refractivity contribution is 0.0116. The summed E-state index contributed by atoms with van der Waals surface area (Å²) in [5, 5.41) is 0. The summed E-state index contributed by atoms with van der Waals surface area (Å²) < 4.78 is 19.4. The summed E-state index contributed by atoms with van der Waals surface area (Å²) in [6, 6.07) is 5.18. The molecule has 3 N–H and O–H groups in total. The molecule has 102 valence electrons. The van der Waals surface area contributed by atoms with Gasteiger partial charge in [-0.3, -0.25) is 11.3 Å². The van der Waals surface area contributed by atoms with Crippen LogP contribution in [0.25, 0.3) is 0 Å². The predicted octanol–water partition coefficient (Wildman–Crippen LogP) is 2.84. The number of rotatable bonds is 6. The number of methoxy groups -OCH3 is 1. The molecule has 1 rings (SSSR count). The van der Waals surface area contributed by atoms with Crippen LogP contribution in [0.5, 0.6) is 0 Å². The number of halogens is 1. The zero-order chi connectivity index (χ0) is 13.8. The lowest BCUT2D eigenvalue weighted by Crippen LogP contribution is -2.31. The fraction of sp³-hybridized carbons (Fsp3) is 0.571. The highest BCUT2D eigenvalue weighted by Crippen LogP contribution is 2.26. The summed E-state index contributed by atoms with van der Waals surface area (Å²) in [4.78, 5) is 0. The Bertz CT molecular complexity index is 393. The molecule has 0 amide bonds. The van der Waals surface area contributed by atoms with Gasteiger partial charge in [-0.05, 0) is 39.2 Å². The highest BCUT2D eigenvalue weighted by molar-refractivity contribution is 5.27. The first-order chi connectivity index (χ1) is 8.41. The minimum absolute atomic E-state index is 0.185. The van der Waals surface area contributed by atoms with Gasteiger partial charge in [-0.1, -0.05) is 18.2 Å². The molecule has 1 atom stereocenters. The topological polar surface area (TPSA) is 47.3 Å². The van der Waals surface area contributed by atoms with E-state index in [2.05, 4.69) is 5.43 Å². The van der Waals surface area contributed by atoms with Crippen molar-refractivity contribution < 1.29 is 9.13 Å². The van der Waals surface area contributed by atoms with Gasteiger partial charge < -0.3 is 4.74 Å². The molecule has 0 aromatic heterocycles. The van der Waals surface area contributed by atoms with Crippen molar-refractivity contribution in [3.05, 3.63) is 35.1 Å². The molecule has 3 nitrogen and oxygen atoms in total. The monoisotopic (exact) mass is 254 g/mol. The Hall–Kier alpha value is -0.970. The summed E-state index contributed by atoms with van der Waals surface area (Å²) in [6.07, 6.45) is 1.52. The van der Waals surface area contributed by atoms with Crippen molar-refractivity contribution >= 4 is 0 Å². The second-order valence-electron chi connectivity index (χ2n) is 5.20. The maximum Gasteiger partial charge on any atom is 0.130 e. The van der Waals surface area contributed by atoms with Crippen LogP contribution in [0.1, 0.15) is 43.9 Å². The van der Waals surface area contributed by atoms with E-state index in [4.69, 9.17) is 10.6 Å². The molecule has 0 aliphatic heterocycles. The van der Waals surface area contributed by atoms with Gasteiger partial charge in [0.2, 0.25) is 0 Å². The Balaban J connectivity index is 2.81. The second-order valence-corrected chi connectivity index (χ2v) is 5.20. The van der Waals surface area contributed by atoms with Gasteiger partial charge in [0.05, 0.1) is 5.60 Å². The molecule has 0 spiro atoms. The third-order valence-electron chi connectivity index (χ3n) is 3.39. The smallest absolute Gasteiger partial charge is 0.130 e. The zero-order valence-electron chi connectivity index (χ0n) is 11.6. The molecule has 0 saturated heterocycles. The van der Waals surface area contributed by atoms with Crippen molar-refractivity contribution in [1.29, 1.82) is 0 Å². The van der Waals surface area contributed by atoms with Crippen LogP contribution in [0.2, 0.25) is 0 Å². The highest BCUT2D eigenvalue weighted by Gasteiger charge is 2.21. The Labute approximate surface area is 108 Å². The molecule has 0 fully saturated rings. The number of hydrazine groups is 1. The first-order valence-electron chi connectivity index (χ1n) is 6.17. The van der Waals surface area contributed by atoms with Crippen LogP contribution in [-0.2, 0) is 4.74 Å². The third-order valence-corrected chi connectivity index (χ3v) is 3.39. The summed E-state index contributed by atoms with van der Waals surface area (Å²) >= 11 is 0. The van der Waals surface area contributed by atoms with Gasteiger partial charge in [-0.15, -0.1) is 0 Å². The minimum Gasteiger partial charge on any atom is -0.379 e. The average molecular weight is 254 g/mol. The first kappa shape index (κ1) is 15.1. The number of aryl methyl sites for hydroxylation is 1. The van der Waals surface area contributed by atoms with Crippen molar-refractivity contribution in [3.8, 4) is 0 Å². The van der Waals surface area contributed by atoms with E-state index in [0.717, 1.165) is 12.8 Å². The van der Waals surface area contributed by atoms with E-state index in [1.165, 1.54) is 0 Å². The van der Waals surface area contributed by atoms with Crippen molar-refractivity contribution in [3.63, 3.8) is 0 Å². The first-order valence-corrected chi connectivity index (χ1v) is 6.17. The van der Waals surface area contributed by atoms with Crippen molar-refractivity contribution in [2.45, 2.75) is 45.3 Å². The summed E-state index contributed by atoms with van der Waals surface area (Å²) in [7, 11) is 1.68. The van der Waals surface area contributed by atoms with Gasteiger partial charge in [0.15, 0.2) is 0 Å². The maximum atomic E-state index is 14.0. The number of benzene rings is 1. The lowest BCUT2D eigenvalue weighted by atomic mass is 9.94. The molecule has 0 bridgehead atoms. The van der Waals surface area contributed by atoms with Crippen molar-refractivity contribution in [2.75, 3.05) is 7.11 Å². The van der Waals surface area contributed by atoms with Crippen LogP contribution >= 0.6 is 0 Å². The molecule has 0 radical (unpaired) electrons. The number of nitrogens with two attached hydrogens (primary N) is 1. The highest BCUT2D eigenvalue weighted by atomic mass is 19.1. The number of ether oxygens (including phenoxy) is 1. The normalized spacial score (nSPS) is 13.7. The third kappa shape index (κ3) is 3.77. The molecule has 1 aromatic carbocycles. The van der Waals surface area contributed by atoms with Gasteiger partial charge in [0, 0.05) is 18.7 Å². The molecule has 4 heteroatoms. The molecule has 0 aliphatic rings. The standard InChI is InChI=1S/C14H23FN2O/c1-10-6-5-7-11(13(10)15)12(17-16)8-9-14(2,3)18-4/h5-7,12,17H,8-9,16H2,1-4H3. The Morgan fingerprint density at radius 3 is 2.67 bits per heavy atom. The SMILES string of the molecule is COC(C)(C)CCC(NN)c1cccc(C)c1F. The predicted molar refractivity (Wildman–Crippen MR) is 71.5 cm³/mol. The van der Waals surface area contributed by atoms with Crippen LogP contribution in [0.3, 0.4) is 0 Å². The number of hydrogen-bond donors (Lipinski definition) is 2. The largest absolute Gasteiger partial charge is 0.379 e. The van der Waals surface area contributed by atoms with Gasteiger partial charge in [-0.2, -0.15) is 0 Å². The van der Waals surface area contributed by atoms with E-state index in [1.54, 1.807) is 26.2 Å². The van der Waals surface area contributed by atoms with Crippen LogP contribution in [0.15, 0.2) is 18.2 Å². The van der Waals surface area contributed by atoms with E-state index in [-0.39, 0.29) is 17.5 Å². The second kappa shape index (κ2) is 6.27. The Morgan fingerprint density at radius 1 is 1.44 bits per heavy atom. The van der Waals surface area contributed by atoms with E-state index >= 15 is 0 Å². The van der Waals surface area contributed by atoms with E-state index in [9.17, 15) is 4.39 Å². The molecular formula is C14H23FN2O. The molecule has 18 heavy (non-hydrogen) atoms. The molecule has 0 aliphatic carbocycles. The summed E-state index contributed by atoms with van der Waals surface area (Å²) in [5.41, 5.74) is 3.71. The van der Waals surface area contributed by atoms with Gasteiger partial charge in [-0.25, -0.2) is 4.39 Å². The number of nitrogens with one attached hydrogen (secondary N) is 1. The van der Waals surface area contributed by atoms with Gasteiger partial charge >= 0.3 is 0 Å². The van der Waals surface area contributed by atoms with E-state index in [1.807, 2.05) is 19.9 Å². The fourth-order valence-corrected chi connectivity index (χ4v) is 1.86. The molecule has 0 heterocycles. The van der Waals surface area contributed by atoms with Crippen molar-refractivity contribution in [1.82, 2.24) is 5.43 Å². The van der Waals surface area contributed by atoms with E-state index < -0.39 is 0 Å². The molecular weight excluding hydrogens is 231 g/mol. The molecule has 0 saturated carbocycles. The zero-order valence-corrected chi connectivity index (χ0v) is 11.6. The lowest BCUT2D eigenvalue weighted by Gasteiger charge is -2.26. The van der Waals surface area contributed by atoms with E-state index in [0.29, 0.717) is 11.1 Å². The fourth-order valence-electron chi connectivity index (χ4n) is 1.86. The van der Waals surface area contributed by atoms with Gasteiger partial charge in [0.25, 0.3) is 0 Å². The summed E-state index contributed by atoms with van der Waals surface area (Å²) in [6.45, 7) is 5.77.